The second kappa shape index (κ2) is 8.66. The molecular weight excluding hydrogens is 356 g/mol. The first-order valence-corrected chi connectivity index (χ1v) is 8.87. The van der Waals surface area contributed by atoms with Gasteiger partial charge < -0.3 is 19.9 Å². The van der Waals surface area contributed by atoms with Crippen LogP contribution in [0.15, 0.2) is 18.2 Å². The molecule has 140 valence electrons. The highest BCUT2D eigenvalue weighted by molar-refractivity contribution is 7.17. The maximum atomic E-state index is 12.4. The second-order valence-electron chi connectivity index (χ2n) is 5.92. The molecule has 0 saturated heterocycles. The number of nitrogens with zero attached hydrogens (tertiary/aromatic N) is 1. The van der Waals surface area contributed by atoms with Crippen LogP contribution in [0.25, 0.3) is 10.6 Å². The number of benzene rings is 1. The van der Waals surface area contributed by atoms with Gasteiger partial charge in [-0.2, -0.15) is 0 Å². The van der Waals surface area contributed by atoms with E-state index < -0.39 is 5.97 Å². The summed E-state index contributed by atoms with van der Waals surface area (Å²) >= 11 is 1.28. The lowest BCUT2D eigenvalue weighted by Gasteiger charge is -2.09. The van der Waals surface area contributed by atoms with E-state index in [2.05, 4.69) is 10.3 Å². The van der Waals surface area contributed by atoms with Crippen molar-refractivity contribution in [1.82, 2.24) is 10.3 Å². The summed E-state index contributed by atoms with van der Waals surface area (Å²) in [6.45, 7) is 3.85. The van der Waals surface area contributed by atoms with Crippen molar-refractivity contribution in [3.05, 3.63) is 28.8 Å². The normalized spacial score (nSPS) is 11.7. The summed E-state index contributed by atoms with van der Waals surface area (Å²) in [5, 5.41) is 12.3. The Balaban J connectivity index is 2.15. The molecule has 0 aliphatic rings. The minimum atomic E-state index is -0.878. The van der Waals surface area contributed by atoms with Crippen molar-refractivity contribution < 1.29 is 24.2 Å². The largest absolute Gasteiger partial charge is 0.493 e. The third kappa shape index (κ3) is 4.72. The summed E-state index contributed by atoms with van der Waals surface area (Å²) < 4.78 is 10.5. The molecule has 8 heteroatoms. The van der Waals surface area contributed by atoms with Crippen molar-refractivity contribution in [3.63, 3.8) is 0 Å². The van der Waals surface area contributed by atoms with Crippen molar-refractivity contribution in [2.45, 2.75) is 20.3 Å². The summed E-state index contributed by atoms with van der Waals surface area (Å²) in [4.78, 5) is 28.1. The molecule has 0 radical (unpaired) electrons. The number of hydrogen-bond donors (Lipinski definition) is 2. The summed E-state index contributed by atoms with van der Waals surface area (Å²) in [6, 6.07) is 5.46. The standard InChI is InChI=1S/C18H22N2O5S/c1-10(7-15(21)22)9-19-17(23)16-11(2)20-18(26-16)12-5-6-13(24-3)14(8-12)25-4/h5-6,8,10H,7,9H2,1-4H3,(H,19,23)(H,21,22). The first-order valence-electron chi connectivity index (χ1n) is 8.05. The number of aryl methyl sites for hydroxylation is 1. The molecule has 2 rings (SSSR count). The zero-order valence-electron chi connectivity index (χ0n) is 15.2. The molecule has 1 atom stereocenters. The van der Waals surface area contributed by atoms with Crippen LogP contribution in [0.3, 0.4) is 0 Å². The van der Waals surface area contributed by atoms with Crippen LogP contribution in [-0.2, 0) is 4.79 Å². The van der Waals surface area contributed by atoms with Crippen molar-refractivity contribution in [2.75, 3.05) is 20.8 Å². The van der Waals surface area contributed by atoms with E-state index in [9.17, 15) is 9.59 Å². The predicted octanol–water partition coefficient (Wildman–Crippen LogP) is 2.98. The predicted molar refractivity (Wildman–Crippen MR) is 99.1 cm³/mol. The van der Waals surface area contributed by atoms with E-state index in [1.165, 1.54) is 11.3 Å². The fraction of sp³-hybridized carbons (Fsp3) is 0.389. The number of thiazole rings is 1. The third-order valence-electron chi connectivity index (χ3n) is 3.77. The molecule has 7 nitrogen and oxygen atoms in total. The summed E-state index contributed by atoms with van der Waals surface area (Å²) in [6.07, 6.45) is 0.0127. The van der Waals surface area contributed by atoms with Gasteiger partial charge in [-0.3, -0.25) is 9.59 Å². The average molecular weight is 378 g/mol. The van der Waals surface area contributed by atoms with Crippen molar-refractivity contribution in [3.8, 4) is 22.1 Å². The maximum Gasteiger partial charge on any atom is 0.303 e. The highest BCUT2D eigenvalue weighted by Gasteiger charge is 2.18. The minimum absolute atomic E-state index is 0.0127. The van der Waals surface area contributed by atoms with Crippen LogP contribution in [0.1, 0.15) is 28.7 Å². The molecule has 2 N–H and O–H groups in total. The molecular formula is C18H22N2O5S. The Kier molecular flexibility index (Phi) is 6.57. The number of carbonyl (C=O) groups excluding carboxylic acids is 1. The summed E-state index contributed by atoms with van der Waals surface area (Å²) in [5.74, 6) is -0.0586. The SMILES string of the molecule is COc1ccc(-c2nc(C)c(C(=O)NCC(C)CC(=O)O)s2)cc1OC. The zero-order valence-corrected chi connectivity index (χ0v) is 16.0. The number of hydrogen-bond acceptors (Lipinski definition) is 6. The van der Waals surface area contributed by atoms with Crippen molar-refractivity contribution in [1.29, 1.82) is 0 Å². The van der Waals surface area contributed by atoms with Gasteiger partial charge in [-0.05, 0) is 31.0 Å². The Morgan fingerprint density at radius 3 is 2.58 bits per heavy atom. The quantitative estimate of drug-likeness (QED) is 0.733. The topological polar surface area (TPSA) is 97.8 Å². The third-order valence-corrected chi connectivity index (χ3v) is 4.97. The fourth-order valence-corrected chi connectivity index (χ4v) is 3.40. The number of ether oxygens (including phenoxy) is 2. The van der Waals surface area contributed by atoms with Gasteiger partial charge in [-0.1, -0.05) is 6.92 Å². The lowest BCUT2D eigenvalue weighted by molar-refractivity contribution is -0.137. The lowest BCUT2D eigenvalue weighted by atomic mass is 10.1. The molecule has 1 aromatic carbocycles. The lowest BCUT2D eigenvalue weighted by Crippen LogP contribution is -2.29. The van der Waals surface area contributed by atoms with Crippen LogP contribution in [0.5, 0.6) is 11.5 Å². The minimum Gasteiger partial charge on any atom is -0.493 e. The first-order chi connectivity index (χ1) is 12.3. The molecule has 2 aromatic rings. The van der Waals surface area contributed by atoms with Crippen LogP contribution in [0.2, 0.25) is 0 Å². The van der Waals surface area contributed by atoms with E-state index >= 15 is 0 Å². The Labute approximate surface area is 156 Å². The summed E-state index contributed by atoms with van der Waals surface area (Å²) in [7, 11) is 3.13. The molecule has 1 unspecified atom stereocenters. The van der Waals surface area contributed by atoms with Gasteiger partial charge in [0.25, 0.3) is 5.91 Å². The van der Waals surface area contributed by atoms with E-state index in [4.69, 9.17) is 14.6 Å². The van der Waals surface area contributed by atoms with E-state index in [1.807, 2.05) is 12.1 Å². The molecule has 0 aliphatic carbocycles. The van der Waals surface area contributed by atoms with Crippen molar-refractivity contribution >= 4 is 23.2 Å². The Bertz CT molecular complexity index is 803. The number of nitrogens with one attached hydrogen (secondary N) is 1. The number of amides is 1. The van der Waals surface area contributed by atoms with E-state index in [1.54, 1.807) is 34.1 Å². The highest BCUT2D eigenvalue weighted by atomic mass is 32.1. The van der Waals surface area contributed by atoms with Gasteiger partial charge in [0.2, 0.25) is 0 Å². The van der Waals surface area contributed by atoms with E-state index in [0.29, 0.717) is 33.6 Å². The maximum absolute atomic E-state index is 12.4. The van der Waals surface area contributed by atoms with Crippen LogP contribution < -0.4 is 14.8 Å². The number of aliphatic carboxylic acids is 1. The second-order valence-corrected chi connectivity index (χ2v) is 6.92. The molecule has 0 spiro atoms. The monoisotopic (exact) mass is 378 g/mol. The van der Waals surface area contributed by atoms with Gasteiger partial charge >= 0.3 is 5.97 Å². The van der Waals surface area contributed by atoms with Crippen LogP contribution in [-0.4, -0.2) is 42.7 Å². The van der Waals surface area contributed by atoms with Gasteiger partial charge in [0, 0.05) is 18.5 Å². The van der Waals surface area contributed by atoms with Gasteiger partial charge in [0.15, 0.2) is 11.5 Å². The van der Waals surface area contributed by atoms with Crippen LogP contribution >= 0.6 is 11.3 Å². The number of aromatic nitrogens is 1. The molecule has 0 bridgehead atoms. The number of carboxylic acid groups (broad SMARTS) is 1. The number of carbonyl (C=O) groups is 2. The molecule has 0 aliphatic heterocycles. The summed E-state index contributed by atoms with van der Waals surface area (Å²) in [5.41, 5.74) is 1.46. The Hall–Kier alpha value is -2.61. The molecule has 0 saturated carbocycles. The molecule has 26 heavy (non-hydrogen) atoms. The van der Waals surface area contributed by atoms with Gasteiger partial charge in [0.05, 0.1) is 19.9 Å². The molecule has 1 amide bonds. The van der Waals surface area contributed by atoms with Crippen molar-refractivity contribution in [2.24, 2.45) is 5.92 Å². The molecule has 1 aromatic heterocycles. The smallest absolute Gasteiger partial charge is 0.303 e. The van der Waals surface area contributed by atoms with Crippen LogP contribution in [0.4, 0.5) is 0 Å². The first kappa shape index (κ1) is 19.7. The van der Waals surface area contributed by atoms with E-state index in [-0.39, 0.29) is 18.2 Å². The Morgan fingerprint density at radius 1 is 1.27 bits per heavy atom. The number of rotatable bonds is 8. The number of carboxylic acids is 1. The number of methoxy groups -OCH3 is 2. The van der Waals surface area contributed by atoms with Gasteiger partial charge in [-0.15, -0.1) is 11.3 Å². The van der Waals surface area contributed by atoms with Gasteiger partial charge in [-0.25, -0.2) is 4.98 Å². The molecule has 0 fully saturated rings. The zero-order chi connectivity index (χ0) is 19.3. The Morgan fingerprint density at radius 2 is 1.96 bits per heavy atom. The average Bonchev–Trinajstić information content (AvgIpc) is 3.00. The fourth-order valence-electron chi connectivity index (χ4n) is 2.42. The van der Waals surface area contributed by atoms with Crippen LogP contribution in [0, 0.1) is 12.8 Å². The van der Waals surface area contributed by atoms with Gasteiger partial charge in [0.1, 0.15) is 9.88 Å². The highest BCUT2D eigenvalue weighted by Crippen LogP contribution is 2.34. The molecule has 1 heterocycles. The van der Waals surface area contributed by atoms with E-state index in [0.717, 1.165) is 5.56 Å².